The molecule has 0 radical (unpaired) electrons. The molecule has 1 aliphatic rings. The molecule has 0 saturated heterocycles. The highest BCUT2D eigenvalue weighted by molar-refractivity contribution is 6.34. The van der Waals surface area contributed by atoms with Gasteiger partial charge in [-0.3, -0.25) is 28.7 Å². The molecule has 0 saturated carbocycles. The maximum absolute atomic E-state index is 14.0. The molecule has 3 heterocycles. The predicted octanol–water partition coefficient (Wildman–Crippen LogP) is 3.98. The highest BCUT2D eigenvalue weighted by atomic mass is 16.2. The van der Waals surface area contributed by atoms with Crippen LogP contribution in [0.4, 0.5) is 5.82 Å². The molecule has 2 amide bonds. The molecular formula is C32H25N5O5. The van der Waals surface area contributed by atoms with Crippen molar-refractivity contribution in [3.8, 4) is 6.07 Å². The first-order valence-electron chi connectivity index (χ1n) is 13.1. The van der Waals surface area contributed by atoms with E-state index in [0.29, 0.717) is 11.1 Å². The molecule has 2 aromatic heterocycles. The molecule has 0 aliphatic carbocycles. The molecular weight excluding hydrogens is 534 g/mol. The minimum atomic E-state index is -0.788. The van der Waals surface area contributed by atoms with Crippen molar-refractivity contribution in [2.24, 2.45) is 0 Å². The Morgan fingerprint density at radius 2 is 1.71 bits per heavy atom. The summed E-state index contributed by atoms with van der Waals surface area (Å²) in [7, 11) is 0. The zero-order chi connectivity index (χ0) is 30.1. The van der Waals surface area contributed by atoms with Crippen LogP contribution < -0.4 is 16.1 Å². The number of pyridine rings is 1. The number of hydrogen-bond donors (Lipinski definition) is 1. The fourth-order valence-electron chi connectivity index (χ4n) is 5.09. The highest BCUT2D eigenvalue weighted by Crippen LogP contribution is 2.28. The summed E-state index contributed by atoms with van der Waals surface area (Å²) in [5.74, 6) is -1.90. The Hall–Kier alpha value is -5.69. The van der Waals surface area contributed by atoms with Crippen LogP contribution >= 0.6 is 0 Å². The Bertz CT molecular complexity index is 1940. The van der Waals surface area contributed by atoms with E-state index in [1.165, 1.54) is 22.9 Å². The van der Waals surface area contributed by atoms with Crippen LogP contribution in [0.5, 0.6) is 0 Å². The number of ketones is 1. The number of benzene rings is 2. The summed E-state index contributed by atoms with van der Waals surface area (Å²) in [6, 6.07) is 16.5. The Balaban J connectivity index is 1.61. The summed E-state index contributed by atoms with van der Waals surface area (Å²) < 4.78 is 1.19. The lowest BCUT2D eigenvalue weighted by Crippen LogP contribution is -2.38. The Morgan fingerprint density at radius 3 is 2.36 bits per heavy atom. The van der Waals surface area contributed by atoms with Gasteiger partial charge < -0.3 is 0 Å². The number of nitriles is 1. The number of anilines is 1. The van der Waals surface area contributed by atoms with Crippen molar-refractivity contribution in [1.82, 2.24) is 14.5 Å². The van der Waals surface area contributed by atoms with E-state index in [9.17, 15) is 24.0 Å². The third-order valence-electron chi connectivity index (χ3n) is 6.91. The van der Waals surface area contributed by atoms with Gasteiger partial charge in [0.25, 0.3) is 17.4 Å². The molecule has 10 nitrogen and oxygen atoms in total. The van der Waals surface area contributed by atoms with Gasteiger partial charge in [0.1, 0.15) is 11.5 Å². The van der Waals surface area contributed by atoms with Crippen molar-refractivity contribution in [2.75, 3.05) is 4.90 Å². The first-order valence-corrected chi connectivity index (χ1v) is 13.1. The second-order valence-electron chi connectivity index (χ2n) is 10.2. The molecule has 0 bridgehead atoms. The van der Waals surface area contributed by atoms with Gasteiger partial charge in [-0.25, -0.2) is 14.7 Å². The van der Waals surface area contributed by atoms with Crippen LogP contribution in [0.3, 0.4) is 0 Å². The van der Waals surface area contributed by atoms with Crippen molar-refractivity contribution in [3.63, 3.8) is 0 Å². The van der Waals surface area contributed by atoms with Crippen LogP contribution in [-0.4, -0.2) is 32.1 Å². The van der Waals surface area contributed by atoms with Crippen LogP contribution in [0.25, 0.3) is 6.08 Å². The average molecular weight is 560 g/mol. The normalized spacial score (nSPS) is 12.7. The number of hydrogen-bond acceptors (Lipinski definition) is 7. The minimum Gasteiger partial charge on any atom is -0.287 e. The molecule has 1 N–H and O–H groups in total. The number of carbonyl (C=O) groups excluding carboxylic acids is 3. The van der Waals surface area contributed by atoms with Gasteiger partial charge in [0.2, 0.25) is 5.78 Å². The van der Waals surface area contributed by atoms with E-state index in [0.717, 1.165) is 10.5 Å². The van der Waals surface area contributed by atoms with E-state index in [2.05, 4.69) is 9.97 Å². The largest absolute Gasteiger partial charge is 0.329 e. The standard InChI is InChI=1S/C32H25N5O5/c1-18(2)26-27(28(38)22-14-19(3)13-20(15-22)7-6-11-33)36(32(42)35-29(26)39)17-21-10-12-34-25(16-21)37-30(40)23-8-4-5-9-24(23)31(37)41/h4-10,12-16,18H,17H2,1-3H3,(H,35,39,42)/b7-6+. The molecule has 0 unspecified atom stereocenters. The minimum absolute atomic E-state index is 0.0701. The monoisotopic (exact) mass is 559 g/mol. The molecule has 0 atom stereocenters. The number of amides is 2. The summed E-state index contributed by atoms with van der Waals surface area (Å²) in [5.41, 5.74) is 1.24. The lowest BCUT2D eigenvalue weighted by atomic mass is 9.95. The van der Waals surface area contributed by atoms with E-state index in [1.807, 2.05) is 6.07 Å². The fraction of sp³-hybridized carbons (Fsp3) is 0.156. The van der Waals surface area contributed by atoms with E-state index in [-0.39, 0.29) is 40.3 Å². The molecule has 0 fully saturated rings. The van der Waals surface area contributed by atoms with Gasteiger partial charge in [-0.2, -0.15) is 5.26 Å². The molecule has 2 aromatic carbocycles. The molecule has 5 rings (SSSR count). The first-order chi connectivity index (χ1) is 20.1. The van der Waals surface area contributed by atoms with Crippen molar-refractivity contribution in [1.29, 1.82) is 5.26 Å². The second-order valence-corrected chi connectivity index (χ2v) is 10.2. The molecule has 208 valence electrons. The van der Waals surface area contributed by atoms with Crippen molar-refractivity contribution in [2.45, 2.75) is 33.2 Å². The average Bonchev–Trinajstić information content (AvgIpc) is 3.21. The molecule has 10 heteroatoms. The Morgan fingerprint density at radius 1 is 1.02 bits per heavy atom. The van der Waals surface area contributed by atoms with Crippen LogP contribution in [0.1, 0.15) is 78.8 Å². The first kappa shape index (κ1) is 27.9. The third kappa shape index (κ3) is 4.99. The fourth-order valence-corrected chi connectivity index (χ4v) is 5.09. The number of nitrogens with zero attached hydrogens (tertiary/aromatic N) is 4. The van der Waals surface area contributed by atoms with Crippen molar-refractivity contribution < 1.29 is 14.4 Å². The zero-order valence-corrected chi connectivity index (χ0v) is 23.0. The number of H-pyrrole nitrogens is 1. The quantitative estimate of drug-likeness (QED) is 0.205. The number of allylic oxidation sites excluding steroid dienone is 1. The number of nitrogens with one attached hydrogen (secondary N) is 1. The lowest BCUT2D eigenvalue weighted by Gasteiger charge is -2.19. The molecule has 4 aromatic rings. The topological polar surface area (TPSA) is 146 Å². The summed E-state index contributed by atoms with van der Waals surface area (Å²) >= 11 is 0. The highest BCUT2D eigenvalue weighted by Gasteiger charge is 2.37. The summed E-state index contributed by atoms with van der Waals surface area (Å²) in [6.07, 6.45) is 4.26. The predicted molar refractivity (Wildman–Crippen MR) is 156 cm³/mol. The van der Waals surface area contributed by atoms with Gasteiger partial charge in [-0.1, -0.05) is 32.0 Å². The number of rotatable bonds is 7. The number of fused-ring (bicyclic) bond motifs is 1. The van der Waals surface area contributed by atoms with Crippen molar-refractivity contribution in [3.05, 3.63) is 132 Å². The number of imide groups is 1. The van der Waals surface area contributed by atoms with E-state index in [1.54, 1.807) is 75.4 Å². The zero-order valence-electron chi connectivity index (χ0n) is 23.0. The van der Waals surface area contributed by atoms with Gasteiger partial charge in [0.05, 0.1) is 23.7 Å². The Labute approximate surface area is 240 Å². The van der Waals surface area contributed by atoms with Crippen LogP contribution in [-0.2, 0) is 6.54 Å². The number of aromatic nitrogens is 3. The SMILES string of the molecule is Cc1cc(/C=C/C#N)cc(C(=O)c2c(C(C)C)c(=O)[nH]c(=O)n2Cc2ccnc(N3C(=O)c4ccccc4C3=O)c2)c1. The Kier molecular flexibility index (Phi) is 7.34. The number of aromatic amines is 1. The van der Waals surface area contributed by atoms with Crippen LogP contribution in [0, 0.1) is 18.3 Å². The number of carbonyl (C=O) groups is 3. The third-order valence-corrected chi connectivity index (χ3v) is 6.91. The van der Waals surface area contributed by atoms with E-state index >= 15 is 0 Å². The van der Waals surface area contributed by atoms with Gasteiger partial charge >= 0.3 is 5.69 Å². The number of aryl methyl sites for hydroxylation is 1. The van der Waals surface area contributed by atoms with E-state index in [4.69, 9.17) is 5.26 Å². The van der Waals surface area contributed by atoms with Gasteiger partial charge in [-0.05, 0) is 72.0 Å². The maximum Gasteiger partial charge on any atom is 0.329 e. The van der Waals surface area contributed by atoms with Crippen LogP contribution in [0.15, 0.2) is 76.5 Å². The second kappa shape index (κ2) is 11.1. The maximum atomic E-state index is 14.0. The summed E-state index contributed by atoms with van der Waals surface area (Å²) in [6.45, 7) is 5.15. The molecule has 1 aliphatic heterocycles. The summed E-state index contributed by atoms with van der Waals surface area (Å²) in [4.78, 5) is 73.8. The van der Waals surface area contributed by atoms with Gasteiger partial charge in [0.15, 0.2) is 0 Å². The van der Waals surface area contributed by atoms with Gasteiger partial charge in [-0.15, -0.1) is 0 Å². The smallest absolute Gasteiger partial charge is 0.287 e. The van der Waals surface area contributed by atoms with Crippen LogP contribution in [0.2, 0.25) is 0 Å². The lowest BCUT2D eigenvalue weighted by molar-refractivity contribution is 0.0924. The van der Waals surface area contributed by atoms with Gasteiger partial charge in [0, 0.05) is 23.4 Å². The summed E-state index contributed by atoms with van der Waals surface area (Å²) in [5, 5.41) is 8.93. The molecule has 0 spiro atoms. The van der Waals surface area contributed by atoms with Crippen molar-refractivity contribution >= 4 is 29.5 Å². The van der Waals surface area contributed by atoms with E-state index < -0.39 is 34.8 Å². The molecule has 42 heavy (non-hydrogen) atoms.